The van der Waals surface area contributed by atoms with Crippen LogP contribution in [0.2, 0.25) is 0 Å². The maximum absolute atomic E-state index is 12.5. The van der Waals surface area contributed by atoms with Crippen LogP contribution in [0.4, 0.5) is 0 Å². The Morgan fingerprint density at radius 1 is 1.00 bits per heavy atom. The molecule has 0 aromatic rings. The van der Waals surface area contributed by atoms with Gasteiger partial charge in [-0.05, 0) is 65.0 Å². The third kappa shape index (κ3) is 3.25. The fourth-order valence-electron chi connectivity index (χ4n) is 3.41. The first-order valence-corrected chi connectivity index (χ1v) is 7.61. The van der Waals surface area contributed by atoms with Crippen LogP contribution in [-0.2, 0) is 4.79 Å². The molecule has 1 amide bonds. The van der Waals surface area contributed by atoms with E-state index in [1.54, 1.807) is 0 Å². The second kappa shape index (κ2) is 6.05. The van der Waals surface area contributed by atoms with Crippen LogP contribution in [0.1, 0.15) is 52.9 Å². The van der Waals surface area contributed by atoms with Gasteiger partial charge in [-0.25, -0.2) is 0 Å². The van der Waals surface area contributed by atoms with Crippen molar-refractivity contribution in [2.75, 3.05) is 19.6 Å². The summed E-state index contributed by atoms with van der Waals surface area (Å²) in [5.74, 6) is 1.19. The quantitative estimate of drug-likeness (QED) is 0.754. The molecule has 2 aliphatic heterocycles. The van der Waals surface area contributed by atoms with Crippen molar-refractivity contribution in [2.24, 2.45) is 5.92 Å². The van der Waals surface area contributed by atoms with E-state index in [2.05, 4.69) is 30.6 Å². The van der Waals surface area contributed by atoms with Gasteiger partial charge >= 0.3 is 0 Å². The topological polar surface area (TPSA) is 23.6 Å². The molecule has 0 aromatic heterocycles. The van der Waals surface area contributed by atoms with Crippen molar-refractivity contribution < 1.29 is 4.79 Å². The van der Waals surface area contributed by atoms with Crippen LogP contribution in [0.25, 0.3) is 0 Å². The Labute approximate surface area is 112 Å². The summed E-state index contributed by atoms with van der Waals surface area (Å²) in [6, 6.07) is 0.870. The lowest BCUT2D eigenvalue weighted by atomic mass is 9.97. The summed E-state index contributed by atoms with van der Waals surface area (Å²) in [5.41, 5.74) is 0. The lowest BCUT2D eigenvalue weighted by Gasteiger charge is -2.40. The Morgan fingerprint density at radius 2 is 1.56 bits per heavy atom. The summed E-state index contributed by atoms with van der Waals surface area (Å²) >= 11 is 0. The maximum Gasteiger partial charge on any atom is 0.237 e. The smallest absolute Gasteiger partial charge is 0.237 e. The standard InChI is InChI=1S/C15H28N2O/c1-12-7-9-16(10-8-12)11-15(18)17-13(2)5-4-6-14(17)3/h12-14H,4-11H2,1-3H3. The van der Waals surface area contributed by atoms with Gasteiger partial charge in [0.05, 0.1) is 6.54 Å². The third-order valence-electron chi connectivity index (χ3n) is 4.72. The van der Waals surface area contributed by atoms with Crippen LogP contribution in [0.15, 0.2) is 0 Å². The average molecular weight is 252 g/mol. The Bertz CT molecular complexity index is 274. The van der Waals surface area contributed by atoms with Crippen LogP contribution < -0.4 is 0 Å². The van der Waals surface area contributed by atoms with E-state index in [1.165, 1.54) is 32.1 Å². The van der Waals surface area contributed by atoms with Crippen molar-refractivity contribution >= 4 is 5.91 Å². The molecular weight excluding hydrogens is 224 g/mol. The predicted octanol–water partition coefficient (Wildman–Crippen LogP) is 2.51. The van der Waals surface area contributed by atoms with Gasteiger partial charge in [0, 0.05) is 12.1 Å². The monoisotopic (exact) mass is 252 g/mol. The molecule has 2 rings (SSSR count). The van der Waals surface area contributed by atoms with Gasteiger partial charge in [-0.3, -0.25) is 9.69 Å². The van der Waals surface area contributed by atoms with Crippen LogP contribution in [0, 0.1) is 5.92 Å². The average Bonchev–Trinajstić information content (AvgIpc) is 2.32. The summed E-state index contributed by atoms with van der Waals surface area (Å²) in [5, 5.41) is 0. The van der Waals surface area contributed by atoms with E-state index < -0.39 is 0 Å². The van der Waals surface area contributed by atoms with E-state index >= 15 is 0 Å². The van der Waals surface area contributed by atoms with E-state index in [4.69, 9.17) is 0 Å². The van der Waals surface area contributed by atoms with E-state index in [-0.39, 0.29) is 0 Å². The van der Waals surface area contributed by atoms with Gasteiger partial charge in [-0.2, -0.15) is 0 Å². The lowest BCUT2D eigenvalue weighted by Crippen LogP contribution is -2.51. The van der Waals surface area contributed by atoms with E-state index in [9.17, 15) is 4.79 Å². The van der Waals surface area contributed by atoms with Crippen LogP contribution in [-0.4, -0.2) is 47.4 Å². The summed E-state index contributed by atoms with van der Waals surface area (Å²) in [4.78, 5) is 16.9. The fourth-order valence-corrected chi connectivity index (χ4v) is 3.41. The molecule has 104 valence electrons. The van der Waals surface area contributed by atoms with Crippen molar-refractivity contribution in [3.05, 3.63) is 0 Å². The lowest BCUT2D eigenvalue weighted by molar-refractivity contribution is -0.138. The number of hydrogen-bond acceptors (Lipinski definition) is 2. The van der Waals surface area contributed by atoms with Crippen LogP contribution >= 0.6 is 0 Å². The highest BCUT2D eigenvalue weighted by Crippen LogP contribution is 2.23. The molecule has 2 atom stereocenters. The molecule has 18 heavy (non-hydrogen) atoms. The number of carbonyl (C=O) groups is 1. The zero-order chi connectivity index (χ0) is 13.1. The van der Waals surface area contributed by atoms with Crippen molar-refractivity contribution in [3.63, 3.8) is 0 Å². The highest BCUT2D eigenvalue weighted by Gasteiger charge is 2.30. The number of likely N-dealkylation sites (tertiary alicyclic amines) is 2. The number of nitrogens with zero attached hydrogens (tertiary/aromatic N) is 2. The van der Waals surface area contributed by atoms with Crippen molar-refractivity contribution in [1.82, 2.24) is 9.80 Å². The van der Waals surface area contributed by atoms with E-state index in [1.807, 2.05) is 0 Å². The molecule has 0 N–H and O–H groups in total. The molecule has 0 radical (unpaired) electrons. The predicted molar refractivity (Wildman–Crippen MR) is 74.5 cm³/mol. The number of piperidine rings is 2. The van der Waals surface area contributed by atoms with Crippen molar-refractivity contribution in [1.29, 1.82) is 0 Å². The summed E-state index contributed by atoms with van der Waals surface area (Å²) in [7, 11) is 0. The van der Waals surface area contributed by atoms with Gasteiger partial charge in [0.2, 0.25) is 5.91 Å². The van der Waals surface area contributed by atoms with Gasteiger partial charge < -0.3 is 4.90 Å². The van der Waals surface area contributed by atoms with Crippen LogP contribution in [0.3, 0.4) is 0 Å². The molecule has 2 unspecified atom stereocenters. The SMILES string of the molecule is CC1CCN(CC(=O)N2C(C)CCCC2C)CC1. The van der Waals surface area contributed by atoms with Crippen molar-refractivity contribution in [2.45, 2.75) is 65.0 Å². The molecule has 3 heteroatoms. The molecule has 3 nitrogen and oxygen atoms in total. The van der Waals surface area contributed by atoms with Crippen molar-refractivity contribution in [3.8, 4) is 0 Å². The second-order valence-electron chi connectivity index (χ2n) is 6.39. The molecule has 0 spiro atoms. The van der Waals surface area contributed by atoms with Crippen LogP contribution in [0.5, 0.6) is 0 Å². The molecule has 0 aromatic carbocycles. The minimum absolute atomic E-state index is 0.351. The third-order valence-corrected chi connectivity index (χ3v) is 4.72. The van der Waals surface area contributed by atoms with E-state index in [0.29, 0.717) is 24.5 Å². The molecule has 2 fully saturated rings. The molecule has 2 aliphatic rings. The minimum Gasteiger partial charge on any atom is -0.336 e. The van der Waals surface area contributed by atoms with Gasteiger partial charge in [0.25, 0.3) is 0 Å². The Hall–Kier alpha value is -0.570. The first kappa shape index (κ1) is 13.9. The molecule has 0 aliphatic carbocycles. The zero-order valence-corrected chi connectivity index (χ0v) is 12.2. The normalized spacial score (nSPS) is 31.6. The summed E-state index contributed by atoms with van der Waals surface area (Å²) in [6.07, 6.45) is 6.12. The highest BCUT2D eigenvalue weighted by atomic mass is 16.2. The Kier molecular flexibility index (Phi) is 4.66. The number of carbonyl (C=O) groups excluding carboxylic acids is 1. The number of amides is 1. The first-order chi connectivity index (χ1) is 8.58. The first-order valence-electron chi connectivity index (χ1n) is 7.61. The van der Waals surface area contributed by atoms with Gasteiger partial charge in [0.15, 0.2) is 0 Å². The summed E-state index contributed by atoms with van der Waals surface area (Å²) in [6.45, 7) is 9.56. The Morgan fingerprint density at radius 3 is 2.11 bits per heavy atom. The van der Waals surface area contributed by atoms with Gasteiger partial charge in [0.1, 0.15) is 0 Å². The number of rotatable bonds is 2. The van der Waals surface area contributed by atoms with Gasteiger partial charge in [-0.15, -0.1) is 0 Å². The summed E-state index contributed by atoms with van der Waals surface area (Å²) < 4.78 is 0. The highest BCUT2D eigenvalue weighted by molar-refractivity contribution is 5.79. The largest absolute Gasteiger partial charge is 0.336 e. The van der Waals surface area contributed by atoms with E-state index in [0.717, 1.165) is 19.0 Å². The van der Waals surface area contributed by atoms with Gasteiger partial charge in [-0.1, -0.05) is 6.92 Å². The maximum atomic E-state index is 12.5. The zero-order valence-electron chi connectivity index (χ0n) is 12.2. The fraction of sp³-hybridized carbons (Fsp3) is 0.933. The Balaban J connectivity index is 1.86. The molecule has 2 saturated heterocycles. The minimum atomic E-state index is 0.351. The number of hydrogen-bond donors (Lipinski definition) is 0. The molecular formula is C15H28N2O. The second-order valence-corrected chi connectivity index (χ2v) is 6.39. The molecule has 0 bridgehead atoms. The molecule has 2 heterocycles. The molecule has 0 saturated carbocycles.